The molecule has 0 radical (unpaired) electrons. The van der Waals surface area contributed by atoms with Gasteiger partial charge in [-0.1, -0.05) is 13.3 Å². The predicted molar refractivity (Wildman–Crippen MR) is 37.2 cm³/mol. The van der Waals surface area contributed by atoms with Crippen molar-refractivity contribution in [3.8, 4) is 0 Å². The highest BCUT2D eigenvalue weighted by atomic mass is 16.7. The Morgan fingerprint density at radius 1 is 1.30 bits per heavy atom. The van der Waals surface area contributed by atoms with Crippen LogP contribution in [0.3, 0.4) is 0 Å². The Labute approximate surface area is 60.5 Å². The Balaban J connectivity index is 3.04. The van der Waals surface area contributed by atoms with Gasteiger partial charge in [0.05, 0.1) is 6.54 Å². The molecule has 0 atom stereocenters. The molecular formula is C6H15NO3. The maximum Gasteiger partial charge on any atom is 0.288 e. The highest BCUT2D eigenvalue weighted by Crippen LogP contribution is 1.89. The van der Waals surface area contributed by atoms with Crippen LogP contribution in [0.1, 0.15) is 19.8 Å². The van der Waals surface area contributed by atoms with Crippen LogP contribution in [0.15, 0.2) is 0 Å². The van der Waals surface area contributed by atoms with Crippen molar-refractivity contribution in [1.29, 1.82) is 0 Å². The maximum absolute atomic E-state index is 8.37. The molecule has 62 valence electrons. The molecule has 4 N–H and O–H groups in total. The van der Waals surface area contributed by atoms with Gasteiger partial charge in [-0.05, 0) is 13.0 Å². The van der Waals surface area contributed by atoms with Gasteiger partial charge in [0.25, 0.3) is 5.97 Å². The molecule has 0 heterocycles. The monoisotopic (exact) mass is 149 g/mol. The fourth-order valence-corrected chi connectivity index (χ4v) is 0.558. The normalized spacial score (nSPS) is 12.0. The van der Waals surface area contributed by atoms with Crippen LogP contribution < -0.4 is 5.32 Å². The van der Waals surface area contributed by atoms with E-state index in [9.17, 15) is 0 Å². The standard InChI is InChI=1S/C6H15NO3/c1-2-3-4-7-5-6(8,9)10/h7-10H,2-5H2,1H3. The molecule has 0 unspecified atom stereocenters. The van der Waals surface area contributed by atoms with Crippen LogP contribution in [0.25, 0.3) is 0 Å². The van der Waals surface area contributed by atoms with E-state index in [1.807, 2.05) is 6.92 Å². The summed E-state index contributed by atoms with van der Waals surface area (Å²) in [5.74, 6) is -2.56. The molecule has 0 aromatic heterocycles. The number of rotatable bonds is 5. The maximum atomic E-state index is 8.37. The van der Waals surface area contributed by atoms with Gasteiger partial charge in [0.2, 0.25) is 0 Å². The van der Waals surface area contributed by atoms with Gasteiger partial charge in [-0.2, -0.15) is 0 Å². The highest BCUT2D eigenvalue weighted by Gasteiger charge is 2.15. The van der Waals surface area contributed by atoms with E-state index in [1.165, 1.54) is 0 Å². The van der Waals surface area contributed by atoms with Crippen molar-refractivity contribution in [1.82, 2.24) is 5.32 Å². The lowest BCUT2D eigenvalue weighted by Crippen LogP contribution is -2.40. The first-order valence-electron chi connectivity index (χ1n) is 3.44. The molecule has 0 fully saturated rings. The predicted octanol–water partition coefficient (Wildman–Crippen LogP) is -0.993. The van der Waals surface area contributed by atoms with Crippen molar-refractivity contribution in [3.05, 3.63) is 0 Å². The van der Waals surface area contributed by atoms with E-state index in [4.69, 9.17) is 15.3 Å². The SMILES string of the molecule is CCCCNCC(O)(O)O. The average Bonchev–Trinajstić information content (AvgIpc) is 1.78. The van der Waals surface area contributed by atoms with Crippen LogP contribution in [0.2, 0.25) is 0 Å². The molecule has 0 aliphatic rings. The van der Waals surface area contributed by atoms with Gasteiger partial charge in [-0.3, -0.25) is 0 Å². The van der Waals surface area contributed by atoms with E-state index in [0.717, 1.165) is 12.8 Å². The van der Waals surface area contributed by atoms with E-state index in [1.54, 1.807) is 0 Å². The van der Waals surface area contributed by atoms with E-state index in [-0.39, 0.29) is 6.54 Å². The third-order valence-corrected chi connectivity index (χ3v) is 1.07. The van der Waals surface area contributed by atoms with Gasteiger partial charge < -0.3 is 20.6 Å². The van der Waals surface area contributed by atoms with E-state index >= 15 is 0 Å². The molecule has 0 spiro atoms. The van der Waals surface area contributed by atoms with E-state index in [2.05, 4.69) is 5.32 Å². The zero-order chi connectivity index (χ0) is 8.04. The summed E-state index contributed by atoms with van der Waals surface area (Å²) in [4.78, 5) is 0. The second-order valence-electron chi connectivity index (χ2n) is 2.30. The zero-order valence-electron chi connectivity index (χ0n) is 6.17. The van der Waals surface area contributed by atoms with Crippen molar-refractivity contribution < 1.29 is 15.3 Å². The first-order chi connectivity index (χ1) is 4.56. The largest absolute Gasteiger partial charge is 0.343 e. The van der Waals surface area contributed by atoms with Crippen LogP contribution in [0.4, 0.5) is 0 Å². The van der Waals surface area contributed by atoms with Crippen LogP contribution in [-0.2, 0) is 0 Å². The van der Waals surface area contributed by atoms with Crippen molar-refractivity contribution in [2.24, 2.45) is 0 Å². The zero-order valence-corrected chi connectivity index (χ0v) is 6.17. The second-order valence-corrected chi connectivity index (χ2v) is 2.30. The summed E-state index contributed by atoms with van der Waals surface area (Å²) < 4.78 is 0. The summed E-state index contributed by atoms with van der Waals surface area (Å²) in [6, 6.07) is 0. The first kappa shape index (κ1) is 9.84. The van der Waals surface area contributed by atoms with Crippen LogP contribution in [0.5, 0.6) is 0 Å². The summed E-state index contributed by atoms with van der Waals surface area (Å²) in [6.07, 6.45) is 2.01. The summed E-state index contributed by atoms with van der Waals surface area (Å²) in [6.45, 7) is 2.53. The fraction of sp³-hybridized carbons (Fsp3) is 1.00. The van der Waals surface area contributed by atoms with Crippen molar-refractivity contribution in [2.45, 2.75) is 25.7 Å². The summed E-state index contributed by atoms with van der Waals surface area (Å²) in [5.41, 5.74) is 0. The molecule has 0 rings (SSSR count). The topological polar surface area (TPSA) is 72.7 Å². The van der Waals surface area contributed by atoms with Gasteiger partial charge in [0, 0.05) is 0 Å². The van der Waals surface area contributed by atoms with Crippen LogP contribution >= 0.6 is 0 Å². The second kappa shape index (κ2) is 4.62. The van der Waals surface area contributed by atoms with Gasteiger partial charge in [-0.15, -0.1) is 0 Å². The Morgan fingerprint density at radius 2 is 1.90 bits per heavy atom. The van der Waals surface area contributed by atoms with Crippen LogP contribution in [0, 0.1) is 0 Å². The summed E-state index contributed by atoms with van der Waals surface area (Å²) in [7, 11) is 0. The Bertz CT molecular complexity index is 79.6. The third-order valence-electron chi connectivity index (χ3n) is 1.07. The Morgan fingerprint density at radius 3 is 2.30 bits per heavy atom. The summed E-state index contributed by atoms with van der Waals surface area (Å²) in [5, 5.41) is 27.8. The van der Waals surface area contributed by atoms with Gasteiger partial charge in [0.1, 0.15) is 0 Å². The molecule has 0 saturated heterocycles. The minimum Gasteiger partial charge on any atom is -0.343 e. The Hall–Kier alpha value is -0.160. The molecule has 0 aliphatic heterocycles. The number of unbranched alkanes of at least 4 members (excludes halogenated alkanes) is 1. The minimum atomic E-state index is -2.56. The number of hydrogen-bond donors (Lipinski definition) is 4. The molecule has 4 nitrogen and oxygen atoms in total. The average molecular weight is 149 g/mol. The Kier molecular flexibility index (Phi) is 4.55. The smallest absolute Gasteiger partial charge is 0.288 e. The quantitative estimate of drug-likeness (QED) is 0.299. The molecular weight excluding hydrogens is 134 g/mol. The lowest BCUT2D eigenvalue weighted by Gasteiger charge is -2.13. The molecule has 10 heavy (non-hydrogen) atoms. The lowest BCUT2D eigenvalue weighted by atomic mass is 10.3. The van der Waals surface area contributed by atoms with Crippen molar-refractivity contribution >= 4 is 0 Å². The highest BCUT2D eigenvalue weighted by molar-refractivity contribution is 4.52. The molecule has 0 amide bonds. The molecule has 0 saturated carbocycles. The van der Waals surface area contributed by atoms with E-state index < -0.39 is 5.97 Å². The first-order valence-corrected chi connectivity index (χ1v) is 3.44. The number of nitrogens with one attached hydrogen (secondary N) is 1. The van der Waals surface area contributed by atoms with Gasteiger partial charge in [0.15, 0.2) is 0 Å². The number of aliphatic hydroxyl groups is 3. The lowest BCUT2D eigenvalue weighted by molar-refractivity contribution is -0.306. The van der Waals surface area contributed by atoms with Crippen LogP contribution in [-0.4, -0.2) is 34.4 Å². The van der Waals surface area contributed by atoms with Gasteiger partial charge in [-0.25, -0.2) is 0 Å². The van der Waals surface area contributed by atoms with Crippen molar-refractivity contribution in [2.75, 3.05) is 13.1 Å². The number of hydrogen-bond acceptors (Lipinski definition) is 4. The third kappa shape index (κ3) is 7.84. The molecule has 4 heteroatoms. The molecule has 0 bridgehead atoms. The molecule has 0 aliphatic carbocycles. The summed E-state index contributed by atoms with van der Waals surface area (Å²) >= 11 is 0. The molecule has 0 aromatic carbocycles. The molecule has 0 aromatic rings. The van der Waals surface area contributed by atoms with Crippen molar-refractivity contribution in [3.63, 3.8) is 0 Å². The minimum absolute atomic E-state index is 0.201. The van der Waals surface area contributed by atoms with Gasteiger partial charge >= 0.3 is 0 Å². The van der Waals surface area contributed by atoms with E-state index in [0.29, 0.717) is 6.54 Å². The fourth-order valence-electron chi connectivity index (χ4n) is 0.558.